The highest BCUT2D eigenvalue weighted by Gasteiger charge is 2.39. The number of likely N-dealkylation sites (tertiary alicyclic amines) is 1. The fourth-order valence-corrected chi connectivity index (χ4v) is 3.10. The van der Waals surface area contributed by atoms with Gasteiger partial charge in [-0.15, -0.1) is 0 Å². The van der Waals surface area contributed by atoms with Crippen LogP contribution in [-0.4, -0.2) is 36.6 Å². The first-order valence-electron chi connectivity index (χ1n) is 7.43. The van der Waals surface area contributed by atoms with Crippen LogP contribution in [0.1, 0.15) is 31.4 Å². The van der Waals surface area contributed by atoms with Gasteiger partial charge in [-0.1, -0.05) is 19.9 Å². The Hall–Kier alpha value is -1.56. The quantitative estimate of drug-likeness (QED) is 0.829. The van der Waals surface area contributed by atoms with Crippen molar-refractivity contribution in [2.75, 3.05) is 20.7 Å². The number of hydrogen-bond acceptors (Lipinski definition) is 3. The number of methoxy groups -OCH3 is 1. The van der Waals surface area contributed by atoms with Crippen molar-refractivity contribution in [1.29, 1.82) is 0 Å². The lowest BCUT2D eigenvalue weighted by Gasteiger charge is -2.22. The zero-order valence-corrected chi connectivity index (χ0v) is 13.2. The summed E-state index contributed by atoms with van der Waals surface area (Å²) in [6.07, 6.45) is 0.0565. The standard InChI is InChI=1S/C14H15F3N2O.C2H6/c1-19-7-9-3-10(19)5-11(9)8-4-12(14(15,16)17)13(20-2)18-6-8;1-2/h4-6,9-10H,3,7H2,1-2H3;1-2H3. The van der Waals surface area contributed by atoms with Gasteiger partial charge in [0.05, 0.1) is 7.11 Å². The second-order valence-electron chi connectivity index (χ2n) is 5.34. The summed E-state index contributed by atoms with van der Waals surface area (Å²) in [5.74, 6) is -0.0663. The van der Waals surface area contributed by atoms with Crippen molar-refractivity contribution in [3.8, 4) is 5.88 Å². The summed E-state index contributed by atoms with van der Waals surface area (Å²) in [4.78, 5) is 6.03. The Morgan fingerprint density at radius 3 is 2.45 bits per heavy atom. The lowest BCUT2D eigenvalue weighted by molar-refractivity contribution is -0.139. The number of pyridine rings is 1. The first-order chi connectivity index (χ1) is 10.4. The molecule has 0 N–H and O–H groups in total. The molecule has 1 aliphatic carbocycles. The third-order valence-corrected chi connectivity index (χ3v) is 4.10. The van der Waals surface area contributed by atoms with Gasteiger partial charge in [-0.25, -0.2) is 4.98 Å². The van der Waals surface area contributed by atoms with Crippen LogP contribution in [0.15, 0.2) is 18.3 Å². The molecular weight excluding hydrogens is 293 g/mol. The topological polar surface area (TPSA) is 25.4 Å². The third kappa shape index (κ3) is 2.97. The van der Waals surface area contributed by atoms with Gasteiger partial charge in [0.25, 0.3) is 0 Å². The number of aromatic nitrogens is 1. The van der Waals surface area contributed by atoms with Crippen LogP contribution in [0.4, 0.5) is 13.2 Å². The van der Waals surface area contributed by atoms with E-state index in [2.05, 4.69) is 16.0 Å². The Morgan fingerprint density at radius 1 is 1.32 bits per heavy atom. The summed E-state index contributed by atoms with van der Waals surface area (Å²) in [7, 11) is 3.23. The Bertz CT molecular complexity index is 569. The molecule has 2 aliphatic rings. The molecule has 0 spiro atoms. The number of nitrogens with zero attached hydrogens (tertiary/aromatic N) is 2. The van der Waals surface area contributed by atoms with E-state index in [0.29, 0.717) is 17.5 Å². The molecule has 22 heavy (non-hydrogen) atoms. The first-order valence-corrected chi connectivity index (χ1v) is 7.43. The van der Waals surface area contributed by atoms with Gasteiger partial charge >= 0.3 is 6.18 Å². The van der Waals surface area contributed by atoms with Gasteiger partial charge in [0.2, 0.25) is 5.88 Å². The summed E-state index contributed by atoms with van der Waals surface area (Å²) < 4.78 is 43.7. The molecule has 6 heteroatoms. The smallest absolute Gasteiger partial charge is 0.421 e. The molecule has 1 aliphatic heterocycles. The van der Waals surface area contributed by atoms with Crippen LogP contribution < -0.4 is 4.74 Å². The molecular formula is C16H21F3N2O. The van der Waals surface area contributed by atoms with Gasteiger partial charge in [-0.2, -0.15) is 13.2 Å². The number of likely N-dealkylation sites (N-methyl/N-ethyl adjacent to an activating group) is 1. The zero-order chi connectivity index (χ0) is 16.5. The number of ether oxygens (including phenoxy) is 1. The predicted molar refractivity (Wildman–Crippen MR) is 79.6 cm³/mol. The lowest BCUT2D eigenvalue weighted by Crippen LogP contribution is -2.26. The molecule has 2 atom stereocenters. The minimum absolute atomic E-state index is 0.307. The molecule has 1 saturated heterocycles. The van der Waals surface area contributed by atoms with E-state index in [1.54, 1.807) is 0 Å². The number of rotatable bonds is 2. The Kier molecular flexibility index (Phi) is 4.80. The van der Waals surface area contributed by atoms with Gasteiger partial charge in [-0.05, 0) is 36.6 Å². The van der Waals surface area contributed by atoms with Crippen molar-refractivity contribution in [1.82, 2.24) is 9.88 Å². The second kappa shape index (κ2) is 6.28. The maximum Gasteiger partial charge on any atom is 0.421 e. The third-order valence-electron chi connectivity index (χ3n) is 4.10. The van der Waals surface area contributed by atoms with Crippen LogP contribution in [0.3, 0.4) is 0 Å². The molecule has 1 fully saturated rings. The minimum Gasteiger partial charge on any atom is -0.481 e. The van der Waals surface area contributed by atoms with E-state index >= 15 is 0 Å². The molecule has 1 aromatic heterocycles. The SMILES string of the molecule is CC.COc1ncc(C2=CC3CC2CN3C)cc1C(F)(F)F. The van der Waals surface area contributed by atoms with Crippen LogP contribution in [-0.2, 0) is 6.18 Å². The molecule has 3 nitrogen and oxygen atoms in total. The molecule has 0 radical (unpaired) electrons. The molecule has 3 rings (SSSR count). The molecule has 0 amide bonds. The largest absolute Gasteiger partial charge is 0.481 e. The second-order valence-corrected chi connectivity index (χ2v) is 5.34. The van der Waals surface area contributed by atoms with Crippen molar-refractivity contribution in [3.63, 3.8) is 0 Å². The lowest BCUT2D eigenvalue weighted by atomic mass is 9.95. The van der Waals surface area contributed by atoms with Crippen LogP contribution in [0, 0.1) is 5.92 Å². The number of fused-ring (bicyclic) bond motifs is 2. The average Bonchev–Trinajstić information content (AvgIpc) is 3.07. The van der Waals surface area contributed by atoms with Gasteiger partial charge in [0.1, 0.15) is 5.56 Å². The maximum atomic E-state index is 13.0. The van der Waals surface area contributed by atoms with E-state index in [4.69, 9.17) is 4.74 Å². The molecule has 0 aromatic carbocycles. The van der Waals surface area contributed by atoms with Crippen LogP contribution in [0.25, 0.3) is 5.57 Å². The Balaban J connectivity index is 0.000000847. The molecule has 0 saturated carbocycles. The van der Waals surface area contributed by atoms with E-state index < -0.39 is 11.7 Å². The number of hydrogen-bond donors (Lipinski definition) is 0. The molecule has 1 aromatic rings. The minimum atomic E-state index is -4.46. The fourth-order valence-electron chi connectivity index (χ4n) is 3.10. The summed E-state index contributed by atoms with van der Waals surface area (Å²) in [6, 6.07) is 1.49. The highest BCUT2D eigenvalue weighted by atomic mass is 19.4. The summed E-state index contributed by atoms with van der Waals surface area (Å²) in [5, 5.41) is 0. The van der Waals surface area contributed by atoms with Crippen molar-refractivity contribution in [2.45, 2.75) is 32.5 Å². The number of alkyl halides is 3. The summed E-state index contributed by atoms with van der Waals surface area (Å²) in [5.41, 5.74) is 0.724. The first kappa shape index (κ1) is 16.8. The van der Waals surface area contributed by atoms with Crippen molar-refractivity contribution in [2.24, 2.45) is 5.92 Å². The van der Waals surface area contributed by atoms with E-state index in [1.807, 2.05) is 20.9 Å². The Labute approximate surface area is 128 Å². The monoisotopic (exact) mass is 314 g/mol. The van der Waals surface area contributed by atoms with Crippen molar-refractivity contribution >= 4 is 5.57 Å². The highest BCUT2D eigenvalue weighted by molar-refractivity contribution is 5.72. The van der Waals surface area contributed by atoms with Gasteiger partial charge < -0.3 is 4.74 Å². The predicted octanol–water partition coefficient (Wildman–Crippen LogP) is 3.85. The summed E-state index contributed by atoms with van der Waals surface area (Å²) >= 11 is 0. The van der Waals surface area contributed by atoms with Crippen LogP contribution in [0.2, 0.25) is 0 Å². The highest BCUT2D eigenvalue weighted by Crippen LogP contribution is 2.43. The van der Waals surface area contributed by atoms with Gasteiger partial charge in [0.15, 0.2) is 0 Å². The van der Waals surface area contributed by atoms with Gasteiger partial charge in [0, 0.05) is 18.8 Å². The molecule has 2 bridgehead atoms. The summed E-state index contributed by atoms with van der Waals surface area (Å²) in [6.45, 7) is 4.89. The van der Waals surface area contributed by atoms with E-state index in [9.17, 15) is 13.2 Å². The van der Waals surface area contributed by atoms with E-state index in [0.717, 1.165) is 24.6 Å². The van der Waals surface area contributed by atoms with E-state index in [-0.39, 0.29) is 5.88 Å². The maximum absolute atomic E-state index is 13.0. The molecule has 122 valence electrons. The Morgan fingerprint density at radius 2 is 2.00 bits per heavy atom. The average molecular weight is 314 g/mol. The van der Waals surface area contributed by atoms with Crippen LogP contribution >= 0.6 is 0 Å². The fraction of sp³-hybridized carbons (Fsp3) is 0.562. The van der Waals surface area contributed by atoms with E-state index in [1.165, 1.54) is 13.3 Å². The van der Waals surface area contributed by atoms with Gasteiger partial charge in [-0.3, -0.25) is 4.90 Å². The molecule has 2 heterocycles. The number of halogens is 3. The van der Waals surface area contributed by atoms with Crippen LogP contribution in [0.5, 0.6) is 5.88 Å². The van der Waals surface area contributed by atoms with Crippen molar-refractivity contribution < 1.29 is 17.9 Å². The molecule has 2 unspecified atom stereocenters. The normalized spacial score (nSPS) is 23.9. The van der Waals surface area contributed by atoms with Crippen molar-refractivity contribution in [3.05, 3.63) is 29.5 Å². The zero-order valence-electron chi connectivity index (χ0n) is 13.2.